The summed E-state index contributed by atoms with van der Waals surface area (Å²) >= 11 is 0. The van der Waals surface area contributed by atoms with E-state index in [-0.39, 0.29) is 18.4 Å². The SMILES string of the molecule is C=CCN(N=O)C(=O)N(CCC)CCC[C@H](NC(C)=O)C(=O)NCc1ccccc1. The van der Waals surface area contributed by atoms with Crippen molar-refractivity contribution < 1.29 is 14.4 Å². The maximum Gasteiger partial charge on any atom is 0.343 e. The summed E-state index contributed by atoms with van der Waals surface area (Å²) in [5.74, 6) is -0.594. The van der Waals surface area contributed by atoms with Gasteiger partial charge in [0.2, 0.25) is 11.8 Å². The molecule has 164 valence electrons. The first kappa shape index (κ1) is 24.8. The smallest absolute Gasteiger partial charge is 0.343 e. The predicted molar refractivity (Wildman–Crippen MR) is 115 cm³/mol. The van der Waals surface area contributed by atoms with E-state index in [0.29, 0.717) is 38.9 Å². The molecule has 0 aliphatic carbocycles. The number of amides is 4. The second kappa shape index (κ2) is 13.9. The highest BCUT2D eigenvalue weighted by atomic mass is 16.3. The summed E-state index contributed by atoms with van der Waals surface area (Å²) in [6.07, 6.45) is 2.95. The fourth-order valence-corrected chi connectivity index (χ4v) is 2.91. The van der Waals surface area contributed by atoms with Crippen molar-refractivity contribution in [2.75, 3.05) is 19.6 Å². The van der Waals surface area contributed by atoms with Crippen LogP contribution in [0.15, 0.2) is 48.3 Å². The topological polar surface area (TPSA) is 111 Å². The molecule has 0 unspecified atom stereocenters. The normalized spacial score (nSPS) is 11.1. The zero-order chi connectivity index (χ0) is 22.4. The fraction of sp³-hybridized carbons (Fsp3) is 0.476. The van der Waals surface area contributed by atoms with Gasteiger partial charge in [-0.2, -0.15) is 5.01 Å². The molecule has 0 saturated heterocycles. The summed E-state index contributed by atoms with van der Waals surface area (Å²) < 4.78 is 0. The molecule has 2 N–H and O–H groups in total. The van der Waals surface area contributed by atoms with Gasteiger partial charge in [0.25, 0.3) is 0 Å². The summed E-state index contributed by atoms with van der Waals surface area (Å²) in [5, 5.41) is 9.03. The van der Waals surface area contributed by atoms with E-state index in [2.05, 4.69) is 22.5 Å². The molecule has 30 heavy (non-hydrogen) atoms. The third-order valence-corrected chi connectivity index (χ3v) is 4.31. The molecule has 0 aliphatic heterocycles. The van der Waals surface area contributed by atoms with Crippen LogP contribution in [0.1, 0.15) is 38.7 Å². The van der Waals surface area contributed by atoms with Crippen LogP contribution in [0, 0.1) is 4.91 Å². The van der Waals surface area contributed by atoms with Crippen molar-refractivity contribution in [3.05, 3.63) is 53.5 Å². The molecule has 0 aromatic heterocycles. The van der Waals surface area contributed by atoms with Crippen molar-refractivity contribution in [2.45, 2.75) is 45.7 Å². The van der Waals surface area contributed by atoms with Gasteiger partial charge in [-0.25, -0.2) is 4.79 Å². The Morgan fingerprint density at radius 3 is 2.47 bits per heavy atom. The van der Waals surface area contributed by atoms with E-state index in [1.54, 1.807) is 0 Å². The molecule has 0 spiro atoms. The van der Waals surface area contributed by atoms with Crippen LogP contribution in [0.2, 0.25) is 0 Å². The van der Waals surface area contributed by atoms with Gasteiger partial charge in [0.15, 0.2) is 0 Å². The highest BCUT2D eigenvalue weighted by Gasteiger charge is 2.23. The summed E-state index contributed by atoms with van der Waals surface area (Å²) in [7, 11) is 0. The lowest BCUT2D eigenvalue weighted by atomic mass is 10.1. The highest BCUT2D eigenvalue weighted by molar-refractivity contribution is 5.86. The molecule has 0 radical (unpaired) electrons. The molecule has 0 aliphatic rings. The van der Waals surface area contributed by atoms with Crippen LogP contribution in [0.3, 0.4) is 0 Å². The summed E-state index contributed by atoms with van der Waals surface area (Å²) in [6.45, 7) is 7.95. The molecule has 1 aromatic carbocycles. The number of hydrogen-bond donors (Lipinski definition) is 2. The number of carbonyl (C=O) groups is 3. The van der Waals surface area contributed by atoms with E-state index in [0.717, 1.165) is 10.6 Å². The van der Waals surface area contributed by atoms with Crippen molar-refractivity contribution in [2.24, 2.45) is 5.29 Å². The predicted octanol–water partition coefficient (Wildman–Crippen LogP) is 2.59. The summed E-state index contributed by atoms with van der Waals surface area (Å²) in [4.78, 5) is 48.9. The van der Waals surface area contributed by atoms with Gasteiger partial charge in [-0.1, -0.05) is 43.3 Å². The number of rotatable bonds is 13. The molecule has 0 heterocycles. The Hall–Kier alpha value is -3.23. The number of nitrogens with zero attached hydrogens (tertiary/aromatic N) is 3. The standard InChI is InChI=1S/C21H31N5O4/c1-4-13-25(21(29)26(24-30)14-5-2)15-9-12-19(23-17(3)27)20(28)22-16-18-10-7-6-8-11-18/h5-8,10-11,19H,2,4,9,12-16H2,1,3H3,(H,22,28)(H,23,27)/t19-/m0/s1. The zero-order valence-electron chi connectivity index (χ0n) is 17.7. The van der Waals surface area contributed by atoms with E-state index >= 15 is 0 Å². The van der Waals surface area contributed by atoms with Gasteiger partial charge in [-0.3, -0.25) is 9.59 Å². The van der Waals surface area contributed by atoms with E-state index in [1.165, 1.54) is 17.9 Å². The number of nitroso groups, excluding NO2 is 1. The molecule has 0 bridgehead atoms. The van der Waals surface area contributed by atoms with Crippen LogP contribution in [0.5, 0.6) is 0 Å². The summed E-state index contributed by atoms with van der Waals surface area (Å²) in [5.41, 5.74) is 0.954. The number of benzene rings is 1. The molecule has 1 rings (SSSR count). The average molecular weight is 418 g/mol. The van der Waals surface area contributed by atoms with Gasteiger partial charge in [0.1, 0.15) is 6.04 Å². The van der Waals surface area contributed by atoms with Crippen LogP contribution in [0.4, 0.5) is 4.79 Å². The van der Waals surface area contributed by atoms with Gasteiger partial charge >= 0.3 is 6.03 Å². The molecule has 4 amide bonds. The third-order valence-electron chi connectivity index (χ3n) is 4.31. The lowest BCUT2D eigenvalue weighted by Gasteiger charge is -2.26. The number of carbonyl (C=O) groups excluding carboxylic acids is 3. The molecule has 0 saturated carbocycles. The second-order valence-electron chi connectivity index (χ2n) is 6.82. The molecule has 0 fully saturated rings. The Morgan fingerprint density at radius 1 is 1.20 bits per heavy atom. The van der Waals surface area contributed by atoms with Gasteiger partial charge in [0, 0.05) is 26.6 Å². The fourth-order valence-electron chi connectivity index (χ4n) is 2.91. The monoisotopic (exact) mass is 417 g/mol. The lowest BCUT2D eigenvalue weighted by Crippen LogP contribution is -2.46. The maximum absolute atomic E-state index is 12.5. The molecule has 9 heteroatoms. The highest BCUT2D eigenvalue weighted by Crippen LogP contribution is 2.07. The second-order valence-corrected chi connectivity index (χ2v) is 6.82. The Balaban J connectivity index is 2.66. The number of hydrogen-bond acceptors (Lipinski definition) is 5. The quantitative estimate of drug-likeness (QED) is 0.292. The van der Waals surface area contributed by atoms with Crippen LogP contribution < -0.4 is 10.6 Å². The van der Waals surface area contributed by atoms with Crippen molar-refractivity contribution in [3.63, 3.8) is 0 Å². The van der Waals surface area contributed by atoms with Crippen LogP contribution in [-0.4, -0.2) is 53.4 Å². The Kier molecular flexibility index (Phi) is 11.5. The first-order valence-corrected chi connectivity index (χ1v) is 10.0. The number of urea groups is 1. The van der Waals surface area contributed by atoms with Crippen molar-refractivity contribution >= 4 is 17.8 Å². The van der Waals surface area contributed by atoms with Gasteiger partial charge in [0.05, 0.1) is 11.8 Å². The average Bonchev–Trinajstić information content (AvgIpc) is 2.74. The van der Waals surface area contributed by atoms with Gasteiger partial charge < -0.3 is 15.5 Å². The maximum atomic E-state index is 12.5. The van der Waals surface area contributed by atoms with Crippen LogP contribution in [0.25, 0.3) is 0 Å². The van der Waals surface area contributed by atoms with Gasteiger partial charge in [-0.15, -0.1) is 11.5 Å². The van der Waals surface area contributed by atoms with Gasteiger partial charge in [-0.05, 0) is 24.8 Å². The molecular formula is C21H31N5O4. The lowest BCUT2D eigenvalue weighted by molar-refractivity contribution is -0.128. The van der Waals surface area contributed by atoms with Crippen molar-refractivity contribution in [1.82, 2.24) is 20.5 Å². The first-order valence-electron chi connectivity index (χ1n) is 10.0. The minimum absolute atomic E-state index is 0.0267. The minimum Gasteiger partial charge on any atom is -0.350 e. The van der Waals surface area contributed by atoms with Crippen molar-refractivity contribution in [3.8, 4) is 0 Å². The van der Waals surface area contributed by atoms with E-state index in [1.807, 2.05) is 37.3 Å². The minimum atomic E-state index is -0.710. The zero-order valence-corrected chi connectivity index (χ0v) is 17.7. The third kappa shape index (κ3) is 8.85. The van der Waals surface area contributed by atoms with E-state index < -0.39 is 12.1 Å². The largest absolute Gasteiger partial charge is 0.350 e. The summed E-state index contributed by atoms with van der Waals surface area (Å²) in [6, 6.07) is 8.25. The van der Waals surface area contributed by atoms with Crippen LogP contribution >= 0.6 is 0 Å². The Bertz CT molecular complexity index is 711. The first-order chi connectivity index (χ1) is 14.4. The van der Waals surface area contributed by atoms with Crippen LogP contribution in [-0.2, 0) is 16.1 Å². The molecule has 1 aromatic rings. The Labute approximate surface area is 177 Å². The van der Waals surface area contributed by atoms with E-state index in [9.17, 15) is 19.3 Å². The Morgan fingerprint density at radius 2 is 1.90 bits per heavy atom. The van der Waals surface area contributed by atoms with E-state index in [4.69, 9.17) is 0 Å². The molecular weight excluding hydrogens is 386 g/mol. The van der Waals surface area contributed by atoms with Crippen molar-refractivity contribution in [1.29, 1.82) is 0 Å². The molecule has 9 nitrogen and oxygen atoms in total. The molecule has 1 atom stereocenters. The number of nitrogens with one attached hydrogen (secondary N) is 2.